The molecule has 1 aromatic carbocycles. The van der Waals surface area contributed by atoms with Gasteiger partial charge < -0.3 is 19.9 Å². The number of hydrogen-bond donors (Lipinski definition) is 1. The van der Waals surface area contributed by atoms with Gasteiger partial charge in [0.1, 0.15) is 5.75 Å². The molecule has 156 valence electrons. The van der Waals surface area contributed by atoms with Crippen LogP contribution in [0.3, 0.4) is 0 Å². The smallest absolute Gasteiger partial charge is 0.231 e. The first-order valence-electron chi connectivity index (χ1n) is 9.69. The fourth-order valence-corrected chi connectivity index (χ4v) is 3.71. The standard InChI is InChI=1S/C21H28N4O3S/c1-21(2,3)19(27)23-20-22-15(14-29-20)13-18(26)25-11-9-24(10-12-25)16-5-7-17(28-4)8-6-16/h5-8,14H,9-13H2,1-4H3,(H,22,23,27). The lowest BCUT2D eigenvalue weighted by Gasteiger charge is -2.36. The summed E-state index contributed by atoms with van der Waals surface area (Å²) in [4.78, 5) is 33.3. The normalized spacial score (nSPS) is 14.6. The van der Waals surface area contributed by atoms with E-state index in [1.54, 1.807) is 7.11 Å². The van der Waals surface area contributed by atoms with Crippen molar-refractivity contribution in [3.63, 3.8) is 0 Å². The number of piperazine rings is 1. The minimum absolute atomic E-state index is 0.0679. The van der Waals surface area contributed by atoms with Crippen LogP contribution in [0.1, 0.15) is 26.5 Å². The number of methoxy groups -OCH3 is 1. The molecular weight excluding hydrogens is 388 g/mol. The van der Waals surface area contributed by atoms with E-state index >= 15 is 0 Å². The number of anilines is 2. The van der Waals surface area contributed by atoms with Gasteiger partial charge in [-0.1, -0.05) is 20.8 Å². The second-order valence-corrected chi connectivity index (χ2v) is 8.95. The van der Waals surface area contributed by atoms with Crippen LogP contribution in [0.15, 0.2) is 29.6 Å². The molecular formula is C21H28N4O3S. The zero-order chi connectivity index (χ0) is 21.0. The van der Waals surface area contributed by atoms with E-state index in [1.165, 1.54) is 11.3 Å². The third kappa shape index (κ3) is 5.47. The van der Waals surface area contributed by atoms with Crippen molar-refractivity contribution in [3.05, 3.63) is 35.3 Å². The van der Waals surface area contributed by atoms with Gasteiger partial charge in [0.2, 0.25) is 11.8 Å². The summed E-state index contributed by atoms with van der Waals surface area (Å²) in [6.45, 7) is 8.51. The molecule has 0 radical (unpaired) electrons. The van der Waals surface area contributed by atoms with E-state index in [2.05, 4.69) is 15.2 Å². The maximum atomic E-state index is 12.7. The Hall–Kier alpha value is -2.61. The molecule has 2 aromatic rings. The summed E-state index contributed by atoms with van der Waals surface area (Å²) >= 11 is 1.35. The predicted molar refractivity (Wildman–Crippen MR) is 116 cm³/mol. The highest BCUT2D eigenvalue weighted by atomic mass is 32.1. The van der Waals surface area contributed by atoms with Crippen molar-refractivity contribution < 1.29 is 14.3 Å². The second kappa shape index (κ2) is 8.82. The van der Waals surface area contributed by atoms with Gasteiger partial charge in [0.15, 0.2) is 5.13 Å². The van der Waals surface area contributed by atoms with Crippen molar-refractivity contribution in [3.8, 4) is 5.75 Å². The van der Waals surface area contributed by atoms with Crippen LogP contribution in [-0.2, 0) is 16.0 Å². The minimum atomic E-state index is -0.481. The Balaban J connectivity index is 1.50. The van der Waals surface area contributed by atoms with Gasteiger partial charge in [-0.25, -0.2) is 4.98 Å². The third-order valence-corrected chi connectivity index (χ3v) is 5.66. The topological polar surface area (TPSA) is 74.8 Å². The van der Waals surface area contributed by atoms with Crippen molar-refractivity contribution in [1.29, 1.82) is 0 Å². The van der Waals surface area contributed by atoms with Crippen molar-refractivity contribution >= 4 is 34.0 Å². The predicted octanol–water partition coefficient (Wildman–Crippen LogP) is 3.03. The molecule has 0 spiro atoms. The lowest BCUT2D eigenvalue weighted by molar-refractivity contribution is -0.130. The molecule has 1 N–H and O–H groups in total. The number of benzene rings is 1. The van der Waals surface area contributed by atoms with Crippen LogP contribution in [0.25, 0.3) is 0 Å². The molecule has 0 aliphatic carbocycles. The first-order valence-corrected chi connectivity index (χ1v) is 10.6. The van der Waals surface area contributed by atoms with Crippen molar-refractivity contribution in [2.45, 2.75) is 27.2 Å². The maximum Gasteiger partial charge on any atom is 0.231 e. The fourth-order valence-electron chi connectivity index (χ4n) is 3.00. The average molecular weight is 417 g/mol. The van der Waals surface area contributed by atoms with E-state index in [-0.39, 0.29) is 18.2 Å². The number of amides is 2. The molecule has 1 aromatic heterocycles. The van der Waals surface area contributed by atoms with E-state index in [9.17, 15) is 9.59 Å². The Morgan fingerprint density at radius 1 is 1.14 bits per heavy atom. The summed E-state index contributed by atoms with van der Waals surface area (Å²) < 4.78 is 5.20. The van der Waals surface area contributed by atoms with Gasteiger partial charge in [0.05, 0.1) is 19.2 Å². The Kier molecular flexibility index (Phi) is 6.42. The van der Waals surface area contributed by atoms with Crippen LogP contribution in [0.2, 0.25) is 0 Å². The van der Waals surface area contributed by atoms with Crippen LogP contribution in [-0.4, -0.2) is 55.0 Å². The summed E-state index contributed by atoms with van der Waals surface area (Å²) in [6, 6.07) is 7.98. The number of nitrogens with one attached hydrogen (secondary N) is 1. The van der Waals surface area contributed by atoms with Gasteiger partial charge in [-0.2, -0.15) is 0 Å². The molecule has 8 heteroatoms. The molecule has 2 heterocycles. The van der Waals surface area contributed by atoms with Crippen molar-refractivity contribution in [1.82, 2.24) is 9.88 Å². The van der Waals surface area contributed by atoms with Crippen molar-refractivity contribution in [2.24, 2.45) is 5.41 Å². The Morgan fingerprint density at radius 3 is 2.38 bits per heavy atom. The first kappa shape index (κ1) is 21.1. The highest BCUT2D eigenvalue weighted by molar-refractivity contribution is 7.13. The number of thiazole rings is 1. The summed E-state index contributed by atoms with van der Waals surface area (Å²) in [7, 11) is 1.66. The number of rotatable bonds is 5. The number of carbonyl (C=O) groups is 2. The Labute approximate surface area is 175 Å². The van der Waals surface area contributed by atoms with Gasteiger partial charge in [0, 0.05) is 42.7 Å². The molecule has 3 rings (SSSR count). The van der Waals surface area contributed by atoms with Gasteiger partial charge in [-0.15, -0.1) is 11.3 Å². The molecule has 0 atom stereocenters. The van der Waals surface area contributed by atoms with E-state index in [1.807, 2.05) is 55.3 Å². The molecule has 1 saturated heterocycles. The monoisotopic (exact) mass is 416 g/mol. The third-order valence-electron chi connectivity index (χ3n) is 4.86. The molecule has 0 saturated carbocycles. The van der Waals surface area contributed by atoms with Crippen molar-refractivity contribution in [2.75, 3.05) is 43.5 Å². The fraction of sp³-hybridized carbons (Fsp3) is 0.476. The molecule has 1 aliphatic heterocycles. The highest BCUT2D eigenvalue weighted by Crippen LogP contribution is 2.22. The Morgan fingerprint density at radius 2 is 1.79 bits per heavy atom. The summed E-state index contributed by atoms with van der Waals surface area (Å²) in [6.07, 6.45) is 0.254. The quantitative estimate of drug-likeness (QED) is 0.811. The molecule has 1 fully saturated rings. The molecule has 0 unspecified atom stereocenters. The van der Waals surface area contributed by atoms with E-state index in [4.69, 9.17) is 4.74 Å². The summed E-state index contributed by atoms with van der Waals surface area (Å²) in [5.74, 6) is 0.821. The molecule has 0 bridgehead atoms. The van der Waals surface area contributed by atoms with Crippen LogP contribution >= 0.6 is 11.3 Å². The van der Waals surface area contributed by atoms with E-state index in [0.717, 1.165) is 24.5 Å². The SMILES string of the molecule is COc1ccc(N2CCN(C(=O)Cc3csc(NC(=O)C(C)(C)C)n3)CC2)cc1. The second-order valence-electron chi connectivity index (χ2n) is 8.09. The van der Waals surface area contributed by atoms with Crippen LogP contribution in [0, 0.1) is 5.41 Å². The number of ether oxygens (including phenoxy) is 1. The van der Waals surface area contributed by atoms with Crippen LogP contribution in [0.4, 0.5) is 10.8 Å². The highest BCUT2D eigenvalue weighted by Gasteiger charge is 2.24. The first-order chi connectivity index (χ1) is 13.8. The lowest BCUT2D eigenvalue weighted by atomic mass is 9.96. The zero-order valence-electron chi connectivity index (χ0n) is 17.4. The summed E-state index contributed by atoms with van der Waals surface area (Å²) in [5, 5.41) is 5.19. The summed E-state index contributed by atoms with van der Waals surface area (Å²) in [5.41, 5.74) is 1.35. The molecule has 1 aliphatic rings. The zero-order valence-corrected chi connectivity index (χ0v) is 18.2. The molecule has 2 amide bonds. The van der Waals surface area contributed by atoms with Gasteiger partial charge in [0.25, 0.3) is 0 Å². The van der Waals surface area contributed by atoms with Gasteiger partial charge >= 0.3 is 0 Å². The number of carbonyl (C=O) groups excluding carboxylic acids is 2. The average Bonchev–Trinajstić information content (AvgIpc) is 3.14. The number of aromatic nitrogens is 1. The minimum Gasteiger partial charge on any atom is -0.497 e. The van der Waals surface area contributed by atoms with Crippen LogP contribution < -0.4 is 15.0 Å². The van der Waals surface area contributed by atoms with Gasteiger partial charge in [-0.05, 0) is 24.3 Å². The van der Waals surface area contributed by atoms with E-state index in [0.29, 0.717) is 23.9 Å². The largest absolute Gasteiger partial charge is 0.497 e. The molecule has 29 heavy (non-hydrogen) atoms. The lowest BCUT2D eigenvalue weighted by Crippen LogP contribution is -2.49. The van der Waals surface area contributed by atoms with Gasteiger partial charge in [-0.3, -0.25) is 9.59 Å². The van der Waals surface area contributed by atoms with Crippen LogP contribution in [0.5, 0.6) is 5.75 Å². The number of hydrogen-bond acceptors (Lipinski definition) is 6. The maximum absolute atomic E-state index is 12.7. The van der Waals surface area contributed by atoms with E-state index < -0.39 is 5.41 Å². The number of nitrogens with zero attached hydrogens (tertiary/aromatic N) is 3. The Bertz CT molecular complexity index is 850. The molecule has 7 nitrogen and oxygen atoms in total.